The van der Waals surface area contributed by atoms with E-state index in [1.165, 1.54) is 11.8 Å². The molecule has 0 fully saturated rings. The van der Waals surface area contributed by atoms with Crippen molar-refractivity contribution in [2.75, 3.05) is 31.8 Å². The highest BCUT2D eigenvalue weighted by Gasteiger charge is 2.26. The van der Waals surface area contributed by atoms with E-state index in [-0.39, 0.29) is 11.9 Å². The zero-order valence-corrected chi connectivity index (χ0v) is 13.3. The molecule has 0 saturated carbocycles. The van der Waals surface area contributed by atoms with Crippen molar-refractivity contribution in [1.82, 2.24) is 5.32 Å². The van der Waals surface area contributed by atoms with Crippen LogP contribution in [0.1, 0.15) is 11.6 Å². The van der Waals surface area contributed by atoms with Gasteiger partial charge in [-0.1, -0.05) is 23.5 Å². The Bertz CT molecular complexity index is 577. The molecule has 2 heterocycles. The normalized spacial score (nSPS) is 19.7. The highest BCUT2D eigenvalue weighted by atomic mass is 32.2. The maximum Gasteiger partial charge on any atom is 0.231 e. The fourth-order valence-electron chi connectivity index (χ4n) is 2.21. The standard InChI is InChI=1S/C14H16N2O3S2/c1-18-9-2-3-12-10(6-9)11(7-19-12)16-13(17)8-21-14-15-4-5-20-14/h2-3,6,11H,4-5,7-8H2,1H3,(H,16,17). The molecule has 21 heavy (non-hydrogen) atoms. The van der Waals surface area contributed by atoms with Gasteiger partial charge < -0.3 is 14.8 Å². The summed E-state index contributed by atoms with van der Waals surface area (Å²) in [5, 5.41) is 3.01. The molecule has 0 spiro atoms. The third-order valence-electron chi connectivity index (χ3n) is 3.22. The number of carbonyl (C=O) groups is 1. The second kappa shape index (κ2) is 6.62. The van der Waals surface area contributed by atoms with Gasteiger partial charge in [0.1, 0.15) is 22.5 Å². The lowest BCUT2D eigenvalue weighted by atomic mass is 10.1. The van der Waals surface area contributed by atoms with Crippen molar-refractivity contribution in [3.8, 4) is 11.5 Å². The first-order chi connectivity index (χ1) is 10.3. The number of carbonyl (C=O) groups excluding carboxylic acids is 1. The number of nitrogens with zero attached hydrogens (tertiary/aromatic N) is 1. The zero-order chi connectivity index (χ0) is 14.7. The largest absolute Gasteiger partial charge is 0.497 e. The summed E-state index contributed by atoms with van der Waals surface area (Å²) in [4.78, 5) is 16.4. The maximum absolute atomic E-state index is 12.0. The van der Waals surface area contributed by atoms with E-state index in [1.54, 1.807) is 18.9 Å². The summed E-state index contributed by atoms with van der Waals surface area (Å²) in [6, 6.07) is 5.53. The fraction of sp³-hybridized carbons (Fsp3) is 0.429. The molecule has 3 rings (SSSR count). The Morgan fingerprint density at radius 3 is 3.29 bits per heavy atom. The molecule has 5 nitrogen and oxygen atoms in total. The molecule has 0 saturated heterocycles. The Kier molecular flexibility index (Phi) is 4.60. The lowest BCUT2D eigenvalue weighted by molar-refractivity contribution is -0.119. The second-order valence-corrected chi connectivity index (χ2v) is 6.93. The number of fused-ring (bicyclic) bond motifs is 1. The molecule has 2 aliphatic rings. The van der Waals surface area contributed by atoms with Gasteiger partial charge in [0.05, 0.1) is 25.4 Å². The van der Waals surface area contributed by atoms with Crippen molar-refractivity contribution in [1.29, 1.82) is 0 Å². The smallest absolute Gasteiger partial charge is 0.231 e. The van der Waals surface area contributed by atoms with Crippen molar-refractivity contribution in [2.45, 2.75) is 6.04 Å². The van der Waals surface area contributed by atoms with Crippen molar-refractivity contribution in [3.05, 3.63) is 23.8 Å². The van der Waals surface area contributed by atoms with Crippen LogP contribution in [0.15, 0.2) is 23.2 Å². The molecular formula is C14H16N2O3S2. The molecule has 2 aliphatic heterocycles. The molecule has 112 valence electrons. The van der Waals surface area contributed by atoms with Gasteiger partial charge >= 0.3 is 0 Å². The van der Waals surface area contributed by atoms with Crippen LogP contribution in [0.3, 0.4) is 0 Å². The minimum Gasteiger partial charge on any atom is -0.497 e. The monoisotopic (exact) mass is 324 g/mol. The second-order valence-electron chi connectivity index (χ2n) is 4.62. The average molecular weight is 324 g/mol. The first kappa shape index (κ1) is 14.6. The van der Waals surface area contributed by atoms with Crippen molar-refractivity contribution < 1.29 is 14.3 Å². The van der Waals surface area contributed by atoms with Crippen LogP contribution >= 0.6 is 23.5 Å². The molecule has 1 aromatic rings. The average Bonchev–Trinajstić information content (AvgIpc) is 3.15. The minimum atomic E-state index is -0.110. The molecule has 0 aliphatic carbocycles. The quantitative estimate of drug-likeness (QED) is 0.919. The van der Waals surface area contributed by atoms with E-state index >= 15 is 0 Å². The van der Waals surface area contributed by atoms with Crippen LogP contribution in [0, 0.1) is 0 Å². The van der Waals surface area contributed by atoms with Gasteiger partial charge in [-0.3, -0.25) is 9.79 Å². The SMILES string of the molecule is COc1ccc2c(c1)C(NC(=O)CSC1=NCCS1)CO2. The van der Waals surface area contributed by atoms with Gasteiger partial charge in [-0.15, -0.1) is 0 Å². The van der Waals surface area contributed by atoms with Crippen LogP contribution in [0.4, 0.5) is 0 Å². The number of rotatable bonds is 4. The number of benzene rings is 1. The summed E-state index contributed by atoms with van der Waals surface area (Å²) in [5.74, 6) is 2.99. The number of methoxy groups -OCH3 is 1. The Labute approximate surface area is 131 Å². The molecule has 0 bridgehead atoms. The Morgan fingerprint density at radius 2 is 2.52 bits per heavy atom. The number of hydrogen-bond acceptors (Lipinski definition) is 6. The molecule has 1 unspecified atom stereocenters. The van der Waals surface area contributed by atoms with Gasteiger partial charge in [0.15, 0.2) is 0 Å². The molecule has 1 N–H and O–H groups in total. The van der Waals surface area contributed by atoms with Crippen LogP contribution in [0.5, 0.6) is 11.5 Å². The molecule has 1 atom stereocenters. The summed E-state index contributed by atoms with van der Waals surface area (Å²) in [7, 11) is 1.63. The Balaban J connectivity index is 1.58. The number of amides is 1. The first-order valence-electron chi connectivity index (χ1n) is 6.66. The molecule has 7 heteroatoms. The summed E-state index contributed by atoms with van der Waals surface area (Å²) >= 11 is 3.21. The first-order valence-corrected chi connectivity index (χ1v) is 8.63. The predicted molar refractivity (Wildman–Crippen MR) is 86.6 cm³/mol. The number of thioether (sulfide) groups is 2. The zero-order valence-electron chi connectivity index (χ0n) is 11.6. The lowest BCUT2D eigenvalue weighted by Crippen LogP contribution is -2.31. The topological polar surface area (TPSA) is 59.9 Å². The summed E-state index contributed by atoms with van der Waals surface area (Å²) < 4.78 is 11.8. The molecule has 1 aromatic carbocycles. The highest BCUT2D eigenvalue weighted by Crippen LogP contribution is 2.35. The van der Waals surface area contributed by atoms with E-state index in [0.717, 1.165) is 33.7 Å². The van der Waals surface area contributed by atoms with Gasteiger partial charge in [-0.2, -0.15) is 0 Å². The van der Waals surface area contributed by atoms with E-state index in [2.05, 4.69) is 10.3 Å². The highest BCUT2D eigenvalue weighted by molar-refractivity contribution is 8.39. The number of ether oxygens (including phenoxy) is 2. The van der Waals surface area contributed by atoms with Crippen LogP contribution < -0.4 is 14.8 Å². The van der Waals surface area contributed by atoms with Gasteiger partial charge in [-0.05, 0) is 18.2 Å². The van der Waals surface area contributed by atoms with Crippen molar-refractivity contribution in [3.63, 3.8) is 0 Å². The van der Waals surface area contributed by atoms with Crippen LogP contribution in [-0.4, -0.2) is 42.1 Å². The molecular weight excluding hydrogens is 308 g/mol. The van der Waals surface area contributed by atoms with E-state index in [0.29, 0.717) is 12.4 Å². The van der Waals surface area contributed by atoms with Gasteiger partial charge in [0.2, 0.25) is 5.91 Å². The minimum absolute atomic E-state index is 0.000491. The molecule has 0 aromatic heterocycles. The van der Waals surface area contributed by atoms with Crippen LogP contribution in [-0.2, 0) is 4.79 Å². The number of hydrogen-bond donors (Lipinski definition) is 1. The number of aliphatic imine (C=N–C) groups is 1. The van der Waals surface area contributed by atoms with Crippen LogP contribution in [0.25, 0.3) is 0 Å². The predicted octanol–water partition coefficient (Wildman–Crippen LogP) is 2.08. The third kappa shape index (κ3) is 3.47. The van der Waals surface area contributed by atoms with E-state index in [1.807, 2.05) is 18.2 Å². The van der Waals surface area contributed by atoms with Crippen molar-refractivity contribution in [2.24, 2.45) is 4.99 Å². The third-order valence-corrected chi connectivity index (χ3v) is 5.47. The Hall–Kier alpha value is -1.34. The lowest BCUT2D eigenvalue weighted by Gasteiger charge is -2.12. The Morgan fingerprint density at radius 1 is 1.62 bits per heavy atom. The fourth-order valence-corrected chi connectivity index (χ4v) is 4.03. The summed E-state index contributed by atoms with van der Waals surface area (Å²) in [6.07, 6.45) is 0. The van der Waals surface area contributed by atoms with E-state index in [9.17, 15) is 4.79 Å². The van der Waals surface area contributed by atoms with E-state index in [4.69, 9.17) is 9.47 Å². The van der Waals surface area contributed by atoms with Crippen molar-refractivity contribution >= 4 is 33.8 Å². The summed E-state index contributed by atoms with van der Waals surface area (Å²) in [5.41, 5.74) is 0.972. The molecule has 1 amide bonds. The van der Waals surface area contributed by atoms with Gasteiger partial charge in [0.25, 0.3) is 0 Å². The maximum atomic E-state index is 12.0. The molecule has 0 radical (unpaired) electrons. The van der Waals surface area contributed by atoms with Gasteiger partial charge in [-0.25, -0.2) is 0 Å². The van der Waals surface area contributed by atoms with Gasteiger partial charge in [0, 0.05) is 11.3 Å². The van der Waals surface area contributed by atoms with E-state index < -0.39 is 0 Å². The number of nitrogens with one attached hydrogen (secondary N) is 1. The summed E-state index contributed by atoms with van der Waals surface area (Å²) in [6.45, 7) is 1.33. The van der Waals surface area contributed by atoms with Crippen LogP contribution in [0.2, 0.25) is 0 Å².